The van der Waals surface area contributed by atoms with Gasteiger partial charge in [0.2, 0.25) is 9.84 Å². The van der Waals surface area contributed by atoms with Crippen molar-refractivity contribution in [3.8, 4) is 11.5 Å². The minimum atomic E-state index is -6.85. The Morgan fingerprint density at radius 3 is 0.951 bits per heavy atom. The van der Waals surface area contributed by atoms with Crippen molar-refractivity contribution in [1.82, 2.24) is 0 Å². The van der Waals surface area contributed by atoms with Gasteiger partial charge in [-0.15, -0.1) is 0 Å². The second-order valence-electron chi connectivity index (χ2n) is 7.52. The van der Waals surface area contributed by atoms with E-state index in [1.54, 1.807) is 0 Å². The van der Waals surface area contributed by atoms with Crippen LogP contribution < -0.4 is 9.47 Å². The average molecular weight is 642 g/mol. The summed E-state index contributed by atoms with van der Waals surface area (Å²) >= 11 is 0. The number of hydrogen-bond acceptors (Lipinski definition) is 6. The monoisotopic (exact) mass is 642 g/mol. The third-order valence-corrected chi connectivity index (χ3v) is 6.49. The van der Waals surface area contributed by atoms with Crippen LogP contribution in [0.2, 0.25) is 0 Å². The van der Waals surface area contributed by atoms with Gasteiger partial charge in [0.1, 0.15) is 11.5 Å². The van der Waals surface area contributed by atoms with Gasteiger partial charge in [0.15, 0.2) is 0 Å². The third-order valence-electron chi connectivity index (χ3n) is 4.70. The van der Waals surface area contributed by atoms with Crippen LogP contribution in [-0.2, 0) is 19.4 Å². The van der Waals surface area contributed by atoms with E-state index in [0.29, 0.717) is 48.5 Å². The van der Waals surface area contributed by atoms with Crippen molar-refractivity contribution in [2.24, 2.45) is 0 Å². The lowest BCUT2D eigenvalue weighted by Gasteiger charge is -2.26. The molecule has 0 bridgehead atoms. The second kappa shape index (κ2) is 10.3. The molecule has 0 heterocycles. The highest BCUT2D eigenvalue weighted by Crippen LogP contribution is 2.48. The van der Waals surface area contributed by atoms with Crippen molar-refractivity contribution in [1.29, 1.82) is 0 Å². The number of alkyl halides is 14. The first kappa shape index (κ1) is 33.6. The molecular formula is C20H8F14O6S. The second-order valence-corrected chi connectivity index (χ2v) is 9.47. The topological polar surface area (TPSA) is 86.7 Å². The molecule has 0 amide bonds. The number of sulfone groups is 1. The van der Waals surface area contributed by atoms with E-state index in [0.717, 1.165) is 0 Å². The fraction of sp³-hybridized carbons (Fsp3) is 0.300. The Labute approximate surface area is 217 Å². The van der Waals surface area contributed by atoms with E-state index >= 15 is 0 Å². The molecule has 0 spiro atoms. The number of esters is 2. The Morgan fingerprint density at radius 1 is 0.488 bits per heavy atom. The van der Waals surface area contributed by atoms with E-state index in [9.17, 15) is 79.5 Å². The molecule has 0 aliphatic rings. The van der Waals surface area contributed by atoms with E-state index in [1.807, 2.05) is 0 Å². The van der Waals surface area contributed by atoms with Crippen LogP contribution in [-0.4, -0.2) is 56.4 Å². The van der Waals surface area contributed by atoms with Crippen LogP contribution in [0.15, 0.2) is 58.3 Å². The number of carbonyl (C=O) groups excluding carboxylic acids is 2. The molecule has 2 rings (SSSR count). The van der Waals surface area contributed by atoms with Crippen molar-refractivity contribution in [2.45, 2.75) is 45.8 Å². The molecule has 0 unspecified atom stereocenters. The number of hydrogen-bond donors (Lipinski definition) is 0. The molecule has 0 saturated heterocycles. The summed E-state index contributed by atoms with van der Waals surface area (Å²) in [6.45, 7) is 0. The van der Waals surface area contributed by atoms with Gasteiger partial charge in [-0.25, -0.2) is 18.0 Å². The van der Waals surface area contributed by atoms with Crippen LogP contribution in [0.25, 0.3) is 0 Å². The van der Waals surface area contributed by atoms with Gasteiger partial charge in [-0.2, -0.15) is 61.5 Å². The number of halogens is 14. The van der Waals surface area contributed by atoms with Gasteiger partial charge in [0, 0.05) is 0 Å². The Balaban J connectivity index is 2.22. The molecule has 0 aliphatic heterocycles. The van der Waals surface area contributed by atoms with Gasteiger partial charge >= 0.3 is 48.0 Å². The molecule has 0 atom stereocenters. The fourth-order valence-corrected chi connectivity index (χ4v) is 3.73. The molecule has 0 N–H and O–H groups in total. The summed E-state index contributed by atoms with van der Waals surface area (Å²) in [6.07, 6.45) is -13.7. The van der Waals surface area contributed by atoms with Crippen LogP contribution >= 0.6 is 0 Å². The Morgan fingerprint density at radius 2 is 0.732 bits per heavy atom. The zero-order valence-corrected chi connectivity index (χ0v) is 19.6. The smallest absolute Gasteiger partial charge is 0.422 e. The minimum Gasteiger partial charge on any atom is -0.422 e. The van der Waals surface area contributed by atoms with Crippen molar-refractivity contribution in [3.05, 3.63) is 48.5 Å². The zero-order chi connectivity index (χ0) is 32.0. The third kappa shape index (κ3) is 6.03. The Bertz CT molecular complexity index is 1290. The highest BCUT2D eigenvalue weighted by Gasteiger charge is 2.78. The quantitative estimate of drug-likeness (QED) is 0.200. The molecule has 0 fully saturated rings. The number of benzene rings is 2. The van der Waals surface area contributed by atoms with Crippen molar-refractivity contribution < 1.29 is 88.9 Å². The van der Waals surface area contributed by atoms with E-state index in [-0.39, 0.29) is 0 Å². The summed E-state index contributed by atoms with van der Waals surface area (Å²) in [4.78, 5) is 20.9. The molecule has 0 aliphatic carbocycles. The fourth-order valence-electron chi connectivity index (χ4n) is 2.46. The van der Waals surface area contributed by atoms with Crippen LogP contribution in [0.4, 0.5) is 61.5 Å². The molecule has 0 saturated carbocycles. The van der Waals surface area contributed by atoms with E-state index in [4.69, 9.17) is 0 Å². The van der Waals surface area contributed by atoms with Gasteiger partial charge in [-0.05, 0) is 48.5 Å². The standard InChI is InChI=1S/C20H8F14O6S/c21-15(22,17(25,26)19(29,30)31)13(35)39-9-1-5-11(6-2-9)41(37,38)12-7-3-10(4-8-12)40-14(36)16(23,24)18(27,28)20(32,33)34/h1-8H. The largest absolute Gasteiger partial charge is 0.460 e. The summed E-state index contributed by atoms with van der Waals surface area (Å²) in [5.41, 5.74) is 0. The van der Waals surface area contributed by atoms with Crippen molar-refractivity contribution in [3.63, 3.8) is 0 Å². The van der Waals surface area contributed by atoms with Gasteiger partial charge in [0.25, 0.3) is 0 Å². The first-order valence-electron chi connectivity index (χ1n) is 9.75. The van der Waals surface area contributed by atoms with Crippen LogP contribution in [0.3, 0.4) is 0 Å². The SMILES string of the molecule is O=C(Oc1ccc(S(=O)(=O)c2ccc(OC(=O)C(F)(F)C(F)(F)C(F)(F)F)cc2)cc1)C(F)(F)C(F)(F)C(F)(F)F. The molecule has 6 nitrogen and oxygen atoms in total. The molecule has 41 heavy (non-hydrogen) atoms. The normalized spacial score (nSPS) is 14.0. The zero-order valence-electron chi connectivity index (χ0n) is 18.8. The van der Waals surface area contributed by atoms with Crippen molar-refractivity contribution in [2.75, 3.05) is 0 Å². The first-order chi connectivity index (χ1) is 18.2. The highest BCUT2D eigenvalue weighted by atomic mass is 32.2. The van der Waals surface area contributed by atoms with Gasteiger partial charge in [-0.3, -0.25) is 0 Å². The lowest BCUT2D eigenvalue weighted by atomic mass is 10.1. The van der Waals surface area contributed by atoms with E-state index in [1.165, 1.54) is 0 Å². The molecule has 21 heteroatoms. The minimum absolute atomic E-state index is 0.381. The number of rotatable bonds is 8. The highest BCUT2D eigenvalue weighted by molar-refractivity contribution is 7.91. The van der Waals surface area contributed by atoms with Crippen LogP contribution in [0, 0.1) is 0 Å². The van der Waals surface area contributed by atoms with Gasteiger partial charge in [-0.1, -0.05) is 0 Å². The molecule has 2 aromatic rings. The van der Waals surface area contributed by atoms with Gasteiger partial charge < -0.3 is 9.47 Å². The van der Waals surface area contributed by atoms with Gasteiger partial charge in [0.05, 0.1) is 9.79 Å². The maximum Gasteiger partial charge on any atom is 0.460 e. The van der Waals surface area contributed by atoms with Crippen molar-refractivity contribution >= 4 is 21.8 Å². The molecule has 2 aromatic carbocycles. The maximum absolute atomic E-state index is 13.4. The predicted molar refractivity (Wildman–Crippen MR) is 102 cm³/mol. The van der Waals surface area contributed by atoms with Crippen LogP contribution in [0.5, 0.6) is 11.5 Å². The first-order valence-corrected chi connectivity index (χ1v) is 11.2. The summed E-state index contributed by atoms with van der Waals surface area (Å²) in [6, 6.07) is 3.43. The van der Waals surface area contributed by atoms with Crippen LogP contribution in [0.1, 0.15) is 0 Å². The lowest BCUT2D eigenvalue weighted by Crippen LogP contribution is -2.57. The number of carbonyl (C=O) groups is 2. The summed E-state index contributed by atoms with van der Waals surface area (Å²) in [5.74, 6) is -35.4. The molecule has 228 valence electrons. The summed E-state index contributed by atoms with van der Waals surface area (Å²) < 4.78 is 211. The average Bonchev–Trinajstić information content (AvgIpc) is 2.83. The van der Waals surface area contributed by atoms with E-state index in [2.05, 4.69) is 9.47 Å². The molecular weight excluding hydrogens is 634 g/mol. The lowest BCUT2D eigenvalue weighted by molar-refractivity contribution is -0.346. The summed E-state index contributed by atoms with van der Waals surface area (Å²) in [5, 5.41) is 0. The number of ether oxygens (including phenoxy) is 2. The molecule has 0 aromatic heterocycles. The Hall–Kier alpha value is -3.65. The maximum atomic E-state index is 13.4. The van der Waals surface area contributed by atoms with E-state index < -0.39 is 79.1 Å². The summed E-state index contributed by atoms with van der Waals surface area (Å²) in [7, 11) is -4.69. The predicted octanol–water partition coefficient (Wildman–Crippen LogP) is 6.00. The Kier molecular flexibility index (Phi) is 8.44. The molecule has 0 radical (unpaired) electrons.